The van der Waals surface area contributed by atoms with Crippen LogP contribution < -0.4 is 5.32 Å². The number of nitrogens with one attached hydrogen (secondary N) is 1. The summed E-state index contributed by atoms with van der Waals surface area (Å²) < 4.78 is 5.57. The molecule has 0 aromatic heterocycles. The number of fused-ring (bicyclic) bond motifs is 5. The van der Waals surface area contributed by atoms with Crippen molar-refractivity contribution in [3.8, 4) is 0 Å². The van der Waals surface area contributed by atoms with Crippen LogP contribution in [0.2, 0.25) is 0 Å². The van der Waals surface area contributed by atoms with Crippen molar-refractivity contribution in [3.63, 3.8) is 0 Å². The Bertz CT molecular complexity index is 971. The number of ether oxygens (including phenoxy) is 1. The number of esters is 1. The van der Waals surface area contributed by atoms with Crippen LogP contribution in [0.3, 0.4) is 0 Å². The number of ketones is 2. The third-order valence-corrected chi connectivity index (χ3v) is 10.9. The van der Waals surface area contributed by atoms with Crippen LogP contribution in [0.25, 0.3) is 0 Å². The second kappa shape index (κ2) is 10.6. The van der Waals surface area contributed by atoms with Gasteiger partial charge in [-0.25, -0.2) is 0 Å². The van der Waals surface area contributed by atoms with Gasteiger partial charge in [0.1, 0.15) is 17.7 Å². The zero-order chi connectivity index (χ0) is 27.1. The Morgan fingerprint density at radius 2 is 1.81 bits per heavy atom. The van der Waals surface area contributed by atoms with Crippen molar-refractivity contribution in [1.82, 2.24) is 5.32 Å². The maximum atomic E-state index is 13.5. The summed E-state index contributed by atoms with van der Waals surface area (Å²) in [5.74, 6) is 1.40. The summed E-state index contributed by atoms with van der Waals surface area (Å²) in [5.41, 5.74) is 1.45. The van der Waals surface area contributed by atoms with Gasteiger partial charge < -0.3 is 10.1 Å². The van der Waals surface area contributed by atoms with Crippen molar-refractivity contribution in [2.24, 2.45) is 46.3 Å². The van der Waals surface area contributed by atoms with Crippen LogP contribution in [-0.4, -0.2) is 36.1 Å². The zero-order valence-electron chi connectivity index (χ0n) is 23.7. The van der Waals surface area contributed by atoms with Gasteiger partial charge in [-0.3, -0.25) is 19.2 Å². The lowest BCUT2D eigenvalue weighted by Crippen LogP contribution is -2.51. The summed E-state index contributed by atoms with van der Waals surface area (Å²) >= 11 is 0. The number of Topliss-reactive ketones (excluding diaryl/α,β-unsaturated/α-hetero) is 2. The summed E-state index contributed by atoms with van der Waals surface area (Å²) in [6.07, 6.45) is 10.1. The summed E-state index contributed by atoms with van der Waals surface area (Å²) in [6, 6.07) is 0. The predicted molar refractivity (Wildman–Crippen MR) is 142 cm³/mol. The molecular weight excluding hydrogens is 466 g/mol. The van der Waals surface area contributed by atoms with Crippen LogP contribution >= 0.6 is 0 Å². The molecule has 0 unspecified atom stereocenters. The highest BCUT2D eigenvalue weighted by Gasteiger charge is 2.62. The molecule has 0 aromatic carbocycles. The van der Waals surface area contributed by atoms with Gasteiger partial charge in [0, 0.05) is 51.5 Å². The van der Waals surface area contributed by atoms with Crippen LogP contribution in [-0.2, 0) is 23.9 Å². The normalized spacial score (nSPS) is 38.4. The standard InChI is InChI=1S/C31H47NO5/c1-18(17-32-20(3)33)7-10-27(35)19(2)29-28(36)16-26-24-9-8-22-15-23(37-21(4)34)11-13-30(22,5)25(24)12-14-31(26,29)6/h8,18-19,23-26,29H,7,9-17H2,1-6H3,(H,32,33)/t18-,19+,23-,24-,25+,26-,29+,30-,31-/m0/s1. The summed E-state index contributed by atoms with van der Waals surface area (Å²) in [6.45, 7) is 12.3. The van der Waals surface area contributed by atoms with E-state index in [0.29, 0.717) is 42.9 Å². The van der Waals surface area contributed by atoms with E-state index in [-0.39, 0.29) is 52.3 Å². The van der Waals surface area contributed by atoms with E-state index < -0.39 is 0 Å². The highest BCUT2D eigenvalue weighted by atomic mass is 16.5. The molecule has 6 nitrogen and oxygen atoms in total. The van der Waals surface area contributed by atoms with Gasteiger partial charge in [0.15, 0.2) is 0 Å². The van der Waals surface area contributed by atoms with E-state index in [1.54, 1.807) is 0 Å². The van der Waals surface area contributed by atoms with Gasteiger partial charge in [-0.15, -0.1) is 0 Å². The van der Waals surface area contributed by atoms with Crippen molar-refractivity contribution in [1.29, 1.82) is 0 Å². The van der Waals surface area contributed by atoms with Gasteiger partial charge in [0.2, 0.25) is 5.91 Å². The van der Waals surface area contributed by atoms with E-state index in [1.807, 2.05) is 6.92 Å². The van der Waals surface area contributed by atoms with Crippen LogP contribution in [0.4, 0.5) is 0 Å². The molecule has 3 saturated carbocycles. The lowest BCUT2D eigenvalue weighted by molar-refractivity contribution is -0.148. The Hall–Kier alpha value is -1.98. The molecule has 6 heteroatoms. The van der Waals surface area contributed by atoms with E-state index in [0.717, 1.165) is 44.9 Å². The lowest BCUT2D eigenvalue weighted by Gasteiger charge is -2.58. The predicted octanol–water partition coefficient (Wildman–Crippen LogP) is 5.43. The second-order valence-electron chi connectivity index (χ2n) is 13.3. The largest absolute Gasteiger partial charge is 0.462 e. The number of carbonyl (C=O) groups is 4. The van der Waals surface area contributed by atoms with Crippen LogP contribution in [0.15, 0.2) is 11.6 Å². The average molecular weight is 514 g/mol. The highest BCUT2D eigenvalue weighted by Crippen LogP contribution is 2.66. The van der Waals surface area contributed by atoms with Gasteiger partial charge in [-0.1, -0.05) is 39.3 Å². The van der Waals surface area contributed by atoms with Crippen LogP contribution in [0.5, 0.6) is 0 Å². The number of allylic oxidation sites excluding steroid dienone is 1. The summed E-state index contributed by atoms with van der Waals surface area (Å²) in [5, 5.41) is 2.83. The van der Waals surface area contributed by atoms with Crippen molar-refractivity contribution >= 4 is 23.4 Å². The van der Waals surface area contributed by atoms with Gasteiger partial charge in [0.05, 0.1) is 0 Å². The molecule has 4 aliphatic rings. The number of rotatable bonds is 8. The fourth-order valence-electron chi connectivity index (χ4n) is 8.86. The number of hydrogen-bond donors (Lipinski definition) is 1. The molecule has 4 aliphatic carbocycles. The average Bonchev–Trinajstić information content (AvgIpc) is 3.10. The maximum Gasteiger partial charge on any atom is 0.302 e. The molecule has 4 rings (SSSR count). The second-order valence-corrected chi connectivity index (χ2v) is 13.3. The zero-order valence-corrected chi connectivity index (χ0v) is 23.7. The molecule has 1 N–H and O–H groups in total. The Balaban J connectivity index is 1.45. The molecule has 9 atom stereocenters. The maximum absolute atomic E-state index is 13.5. The number of hydrogen-bond acceptors (Lipinski definition) is 5. The number of carbonyl (C=O) groups excluding carboxylic acids is 4. The topological polar surface area (TPSA) is 89.5 Å². The van der Waals surface area contributed by atoms with Crippen molar-refractivity contribution in [3.05, 3.63) is 11.6 Å². The van der Waals surface area contributed by atoms with Gasteiger partial charge in [-0.2, -0.15) is 0 Å². The molecule has 1 amide bonds. The first-order chi connectivity index (χ1) is 17.4. The van der Waals surface area contributed by atoms with Crippen LogP contribution in [0.1, 0.15) is 99.3 Å². The fraction of sp³-hybridized carbons (Fsp3) is 0.806. The molecule has 3 fully saturated rings. The monoisotopic (exact) mass is 513 g/mol. The molecule has 0 saturated heterocycles. The summed E-state index contributed by atoms with van der Waals surface area (Å²) in [7, 11) is 0. The fourth-order valence-corrected chi connectivity index (χ4v) is 8.86. The van der Waals surface area contributed by atoms with Gasteiger partial charge in [0.25, 0.3) is 0 Å². The Kier molecular flexibility index (Phi) is 8.07. The van der Waals surface area contributed by atoms with E-state index >= 15 is 0 Å². The highest BCUT2D eigenvalue weighted by molar-refractivity contribution is 5.92. The van der Waals surface area contributed by atoms with Gasteiger partial charge in [-0.05, 0) is 73.0 Å². The molecule has 0 aliphatic heterocycles. The SMILES string of the molecule is CC(=O)NC[C@@H](C)CCC(=O)[C@@H](C)[C@@H]1C(=O)C[C@H]2[C@H]3CC=C4C[C@@H](OC(C)=O)CC[C@]4(C)[C@@H]3CC[C@@]21C. The number of amides is 1. The van der Waals surface area contributed by atoms with E-state index in [9.17, 15) is 19.2 Å². The van der Waals surface area contributed by atoms with Crippen molar-refractivity contribution in [2.75, 3.05) is 6.54 Å². The van der Waals surface area contributed by atoms with Gasteiger partial charge >= 0.3 is 5.97 Å². The smallest absolute Gasteiger partial charge is 0.302 e. The van der Waals surface area contributed by atoms with Crippen molar-refractivity contribution < 1.29 is 23.9 Å². The first-order valence-corrected chi connectivity index (χ1v) is 14.5. The minimum absolute atomic E-state index is 0.00695. The van der Waals surface area contributed by atoms with Crippen molar-refractivity contribution in [2.45, 2.75) is 105 Å². The molecule has 206 valence electrons. The molecule has 0 bridgehead atoms. The minimum atomic E-state index is -0.253. The molecular formula is C31H47NO5. The summed E-state index contributed by atoms with van der Waals surface area (Å²) in [4.78, 5) is 49.5. The first-order valence-electron chi connectivity index (χ1n) is 14.5. The quantitative estimate of drug-likeness (QED) is 0.345. The molecule has 0 radical (unpaired) electrons. The Morgan fingerprint density at radius 1 is 1.08 bits per heavy atom. The van der Waals surface area contributed by atoms with E-state index in [1.165, 1.54) is 19.4 Å². The van der Waals surface area contributed by atoms with Crippen LogP contribution in [0, 0.1) is 46.3 Å². The third kappa shape index (κ3) is 5.31. The molecule has 0 heterocycles. The Labute approximate surface area is 222 Å². The molecule has 0 spiro atoms. The third-order valence-electron chi connectivity index (χ3n) is 10.9. The molecule has 37 heavy (non-hydrogen) atoms. The van der Waals surface area contributed by atoms with E-state index in [4.69, 9.17) is 4.74 Å². The lowest BCUT2D eigenvalue weighted by atomic mass is 9.47. The first kappa shape index (κ1) is 28.0. The van der Waals surface area contributed by atoms with E-state index in [2.05, 4.69) is 32.2 Å². The Morgan fingerprint density at radius 3 is 2.49 bits per heavy atom. The minimum Gasteiger partial charge on any atom is -0.462 e. The molecule has 0 aromatic rings.